The van der Waals surface area contributed by atoms with Gasteiger partial charge in [0.25, 0.3) is 0 Å². The first-order valence-electron chi connectivity index (χ1n) is 13.8. The number of rotatable bonds is 9. The Morgan fingerprint density at radius 1 is 1.06 bits per heavy atom. The summed E-state index contributed by atoms with van der Waals surface area (Å²) >= 11 is 6.34. The summed E-state index contributed by atoms with van der Waals surface area (Å²) in [4.78, 5) is 28.1. The van der Waals surface area contributed by atoms with Crippen molar-refractivity contribution in [1.82, 2.24) is 20.2 Å². The maximum atomic E-state index is 12.8. The zero-order valence-corrected chi connectivity index (χ0v) is 26.5. The molecule has 252 valence electrons. The van der Waals surface area contributed by atoms with Crippen LogP contribution in [0.3, 0.4) is 0 Å². The number of carbonyl (C=O) groups excluding carboxylic acids is 1. The molecule has 0 spiro atoms. The second-order valence-electron chi connectivity index (χ2n) is 10.1. The topological polar surface area (TPSA) is 103 Å². The summed E-state index contributed by atoms with van der Waals surface area (Å²) in [5, 5.41) is 4.39. The first-order valence-corrected chi connectivity index (χ1v) is 15.2. The molecule has 2 heterocycles. The van der Waals surface area contributed by atoms with Crippen LogP contribution >= 0.6 is 24.0 Å². The second kappa shape index (κ2) is 14.2. The Morgan fingerprint density at radius 3 is 2.44 bits per heavy atom. The molecule has 1 saturated heterocycles. The number of halogens is 6. The number of nitrogens with zero attached hydrogens (tertiary/aromatic N) is 5. The Bertz CT molecular complexity index is 1810. The predicted molar refractivity (Wildman–Crippen MR) is 169 cm³/mol. The van der Waals surface area contributed by atoms with Crippen molar-refractivity contribution in [3.8, 4) is 28.6 Å². The van der Waals surface area contributed by atoms with E-state index in [1.165, 1.54) is 47.4 Å². The lowest BCUT2D eigenvalue weighted by atomic mass is 10.1. The number of nitrogens with one attached hydrogen (secondary N) is 1. The number of hydrogen-bond donors (Lipinski definition) is 1. The molecule has 5 rings (SSSR count). The number of thiocarbonyl (C=S) groups is 1. The smallest absolute Gasteiger partial charge is 0.482 e. The van der Waals surface area contributed by atoms with Gasteiger partial charge in [-0.25, -0.2) is 15.1 Å². The van der Waals surface area contributed by atoms with Gasteiger partial charge < -0.3 is 9.47 Å². The van der Waals surface area contributed by atoms with Gasteiger partial charge in [-0.1, -0.05) is 42.1 Å². The Kier molecular flexibility index (Phi) is 10.3. The lowest BCUT2D eigenvalue weighted by molar-refractivity contribution is -0.274. The lowest BCUT2D eigenvalue weighted by Gasteiger charge is -2.21. The Labute approximate surface area is 278 Å². The minimum absolute atomic E-state index is 0.00595. The highest BCUT2D eigenvalue weighted by molar-refractivity contribution is 8.15. The molecule has 1 atom stereocenters. The van der Waals surface area contributed by atoms with Gasteiger partial charge in [0.2, 0.25) is 11.0 Å². The molecule has 1 fully saturated rings. The van der Waals surface area contributed by atoms with Gasteiger partial charge in [0.1, 0.15) is 23.9 Å². The van der Waals surface area contributed by atoms with E-state index in [1.54, 1.807) is 44.2 Å². The number of alkyl halides is 6. The maximum Gasteiger partial charge on any atom is 0.573 e. The molecule has 18 heteroatoms. The summed E-state index contributed by atoms with van der Waals surface area (Å²) in [5.41, 5.74) is 5.24. The number of hydrogen-bond acceptors (Lipinski definition) is 8. The number of hydroxylamine groups is 1. The lowest BCUT2D eigenvalue weighted by Crippen LogP contribution is -2.32. The number of aromatic nitrogens is 3. The average Bonchev–Trinajstić information content (AvgIpc) is 3.65. The fraction of sp³-hybridized carbons (Fsp3) is 0.233. The van der Waals surface area contributed by atoms with Crippen LogP contribution in [0.25, 0.3) is 17.1 Å². The molecule has 4 aromatic rings. The zero-order valence-electron chi connectivity index (χ0n) is 24.9. The summed E-state index contributed by atoms with van der Waals surface area (Å²) in [6.45, 7) is 1.94. The number of amides is 1. The normalized spacial score (nSPS) is 15.1. The second-order valence-corrected chi connectivity index (χ2v) is 11.5. The van der Waals surface area contributed by atoms with Crippen LogP contribution in [-0.2, 0) is 9.63 Å². The van der Waals surface area contributed by atoms with Crippen LogP contribution in [0, 0.1) is 6.92 Å². The fourth-order valence-corrected chi connectivity index (χ4v) is 5.36. The molecule has 3 aromatic carbocycles. The van der Waals surface area contributed by atoms with Crippen molar-refractivity contribution in [2.45, 2.75) is 32.5 Å². The standard InChI is InChI=1S/C30H24F6N6O4S2/c1-17-3-12-24(44-15-29(31,32)33)23(13-17)42-25(43)14-48-28(42)38-27(47)40-46-18(2)19-4-6-20(7-5-19)26-37-16-41(39-26)21-8-10-22(11-9-21)45-30(34,35)36/h3-13,16,18H,14-15H2,1-2H3,(H,40,47)/b38-28-. The van der Waals surface area contributed by atoms with Crippen LogP contribution in [0.2, 0.25) is 0 Å². The Morgan fingerprint density at radius 2 is 1.77 bits per heavy atom. The van der Waals surface area contributed by atoms with Gasteiger partial charge in [-0.2, -0.15) is 18.2 Å². The summed E-state index contributed by atoms with van der Waals surface area (Å²) in [7, 11) is 0. The van der Waals surface area contributed by atoms with Crippen molar-refractivity contribution < 1.29 is 45.4 Å². The number of amidine groups is 1. The van der Waals surface area contributed by atoms with Gasteiger partial charge in [0.05, 0.1) is 17.1 Å². The summed E-state index contributed by atoms with van der Waals surface area (Å²) in [6, 6.07) is 16.7. The molecule has 1 aliphatic rings. The SMILES string of the molecule is Cc1ccc(OCC(F)(F)F)c(N2C(=O)CS/C2=N\C(=S)NOC(C)c2ccc(-c3ncn(-c4ccc(OC(F)(F)F)cc4)n3)cc2)c1. The molecule has 1 unspecified atom stereocenters. The molecule has 1 N–H and O–H groups in total. The largest absolute Gasteiger partial charge is 0.573 e. The number of thioether (sulfide) groups is 1. The van der Waals surface area contributed by atoms with Crippen LogP contribution in [-0.4, -0.2) is 55.9 Å². The summed E-state index contributed by atoms with van der Waals surface area (Å²) in [6.07, 6.45) is -8.47. The molecular weight excluding hydrogens is 686 g/mol. The van der Waals surface area contributed by atoms with Crippen LogP contribution in [0.1, 0.15) is 24.2 Å². The van der Waals surface area contributed by atoms with E-state index in [-0.39, 0.29) is 33.2 Å². The molecule has 48 heavy (non-hydrogen) atoms. The summed E-state index contributed by atoms with van der Waals surface area (Å²) in [5.74, 6) is -0.538. The number of carbonyl (C=O) groups is 1. The molecule has 0 aliphatic carbocycles. The van der Waals surface area contributed by atoms with Crippen LogP contribution in [0.5, 0.6) is 11.5 Å². The molecule has 0 saturated carbocycles. The molecule has 1 amide bonds. The monoisotopic (exact) mass is 710 g/mol. The average molecular weight is 711 g/mol. The van der Waals surface area contributed by atoms with Crippen molar-refractivity contribution in [3.05, 3.63) is 84.2 Å². The van der Waals surface area contributed by atoms with E-state index in [2.05, 4.69) is 25.3 Å². The van der Waals surface area contributed by atoms with Crippen LogP contribution < -0.4 is 19.9 Å². The van der Waals surface area contributed by atoms with Gasteiger partial charge >= 0.3 is 12.5 Å². The first kappa shape index (κ1) is 34.6. The summed E-state index contributed by atoms with van der Waals surface area (Å²) < 4.78 is 86.0. The van der Waals surface area contributed by atoms with Gasteiger partial charge in [-0.15, -0.1) is 18.3 Å². The van der Waals surface area contributed by atoms with E-state index in [1.807, 2.05) is 0 Å². The number of aliphatic imine (C=N–C) groups is 1. The van der Waals surface area contributed by atoms with E-state index in [0.717, 1.165) is 22.2 Å². The van der Waals surface area contributed by atoms with Gasteiger partial charge in [-0.3, -0.25) is 14.5 Å². The highest BCUT2D eigenvalue weighted by atomic mass is 32.2. The molecule has 10 nitrogen and oxygen atoms in total. The van der Waals surface area contributed by atoms with E-state index in [0.29, 0.717) is 22.6 Å². The Balaban J connectivity index is 1.20. The van der Waals surface area contributed by atoms with Crippen molar-refractivity contribution in [1.29, 1.82) is 0 Å². The highest BCUT2D eigenvalue weighted by Crippen LogP contribution is 2.36. The number of aryl methyl sites for hydroxylation is 1. The maximum absolute atomic E-state index is 12.8. The van der Waals surface area contributed by atoms with E-state index >= 15 is 0 Å². The van der Waals surface area contributed by atoms with Crippen molar-refractivity contribution in [2.24, 2.45) is 4.99 Å². The number of ether oxygens (including phenoxy) is 2. The third kappa shape index (κ3) is 9.02. The van der Waals surface area contributed by atoms with Crippen molar-refractivity contribution >= 4 is 45.9 Å². The molecule has 1 aliphatic heterocycles. The minimum atomic E-state index is -4.79. The fourth-order valence-electron chi connectivity index (χ4n) is 4.31. The van der Waals surface area contributed by atoms with Crippen LogP contribution in [0.4, 0.5) is 32.0 Å². The van der Waals surface area contributed by atoms with Crippen molar-refractivity contribution in [3.63, 3.8) is 0 Å². The molecular formula is C30H24F6N6O4S2. The highest BCUT2D eigenvalue weighted by Gasteiger charge is 2.34. The molecule has 0 radical (unpaired) electrons. The zero-order chi connectivity index (χ0) is 34.6. The van der Waals surface area contributed by atoms with Gasteiger partial charge in [0, 0.05) is 5.56 Å². The minimum Gasteiger partial charge on any atom is -0.482 e. The Hall–Kier alpha value is -4.68. The molecule has 1 aromatic heterocycles. The van der Waals surface area contributed by atoms with E-state index in [9.17, 15) is 31.1 Å². The van der Waals surface area contributed by atoms with E-state index < -0.39 is 31.2 Å². The van der Waals surface area contributed by atoms with Gasteiger partial charge in [0.15, 0.2) is 17.6 Å². The predicted octanol–water partition coefficient (Wildman–Crippen LogP) is 7.09. The molecule has 0 bridgehead atoms. The first-order chi connectivity index (χ1) is 22.6. The third-order valence-corrected chi connectivity index (χ3v) is 7.60. The van der Waals surface area contributed by atoms with Crippen molar-refractivity contribution in [2.75, 3.05) is 17.3 Å². The van der Waals surface area contributed by atoms with Gasteiger partial charge in [-0.05, 0) is 73.6 Å². The third-order valence-electron chi connectivity index (χ3n) is 6.50. The van der Waals surface area contributed by atoms with E-state index in [4.69, 9.17) is 21.8 Å². The number of benzene rings is 3. The quantitative estimate of drug-likeness (QED) is 0.111. The van der Waals surface area contributed by atoms with Crippen LogP contribution in [0.15, 0.2) is 78.0 Å². The number of anilines is 1.